The number of hydrogen-bond acceptors (Lipinski definition) is 4. The Morgan fingerprint density at radius 2 is 1.87 bits per heavy atom. The SMILES string of the molecule is CC(=O)N1CCC[C@@H](Cc2cncc(C(=O)N3CCCC3)n2)C1. The summed E-state index contributed by atoms with van der Waals surface area (Å²) < 4.78 is 0. The zero-order chi connectivity index (χ0) is 16.2. The number of rotatable bonds is 3. The highest BCUT2D eigenvalue weighted by atomic mass is 16.2. The van der Waals surface area contributed by atoms with Crippen molar-refractivity contribution in [2.75, 3.05) is 26.2 Å². The molecule has 0 unspecified atom stereocenters. The highest BCUT2D eigenvalue weighted by Gasteiger charge is 2.24. The van der Waals surface area contributed by atoms with E-state index in [-0.39, 0.29) is 11.8 Å². The number of amides is 2. The number of carbonyl (C=O) groups is 2. The van der Waals surface area contributed by atoms with Gasteiger partial charge in [0.05, 0.1) is 11.9 Å². The van der Waals surface area contributed by atoms with Crippen molar-refractivity contribution in [3.8, 4) is 0 Å². The van der Waals surface area contributed by atoms with E-state index in [4.69, 9.17) is 0 Å². The van der Waals surface area contributed by atoms with Crippen molar-refractivity contribution in [1.82, 2.24) is 19.8 Å². The molecular weight excluding hydrogens is 292 g/mol. The van der Waals surface area contributed by atoms with Crippen LogP contribution in [0.1, 0.15) is 48.8 Å². The average molecular weight is 316 g/mol. The molecule has 1 aromatic heterocycles. The van der Waals surface area contributed by atoms with Gasteiger partial charge in [0.15, 0.2) is 0 Å². The van der Waals surface area contributed by atoms with Crippen LogP contribution >= 0.6 is 0 Å². The van der Waals surface area contributed by atoms with Crippen LogP contribution < -0.4 is 0 Å². The van der Waals surface area contributed by atoms with Crippen molar-refractivity contribution in [2.45, 2.75) is 39.0 Å². The average Bonchev–Trinajstić information content (AvgIpc) is 3.09. The van der Waals surface area contributed by atoms with Crippen molar-refractivity contribution < 1.29 is 9.59 Å². The summed E-state index contributed by atoms with van der Waals surface area (Å²) >= 11 is 0. The van der Waals surface area contributed by atoms with Crippen LogP contribution in [0, 0.1) is 5.92 Å². The molecule has 1 aromatic rings. The Hall–Kier alpha value is -1.98. The molecule has 2 aliphatic heterocycles. The van der Waals surface area contributed by atoms with Gasteiger partial charge in [0.25, 0.3) is 5.91 Å². The van der Waals surface area contributed by atoms with E-state index < -0.39 is 0 Å². The first-order chi connectivity index (χ1) is 11.1. The van der Waals surface area contributed by atoms with E-state index in [1.807, 2.05) is 9.80 Å². The molecule has 1 atom stereocenters. The monoisotopic (exact) mass is 316 g/mol. The van der Waals surface area contributed by atoms with Gasteiger partial charge in [-0.2, -0.15) is 0 Å². The smallest absolute Gasteiger partial charge is 0.274 e. The van der Waals surface area contributed by atoms with Crippen molar-refractivity contribution in [2.24, 2.45) is 5.92 Å². The van der Waals surface area contributed by atoms with E-state index in [9.17, 15) is 9.59 Å². The van der Waals surface area contributed by atoms with Crippen LogP contribution in [0.25, 0.3) is 0 Å². The number of likely N-dealkylation sites (tertiary alicyclic amines) is 2. The van der Waals surface area contributed by atoms with Gasteiger partial charge in [-0.05, 0) is 38.0 Å². The number of hydrogen-bond donors (Lipinski definition) is 0. The van der Waals surface area contributed by atoms with E-state index in [0.717, 1.165) is 64.0 Å². The lowest BCUT2D eigenvalue weighted by Crippen LogP contribution is -2.39. The van der Waals surface area contributed by atoms with Crippen LogP contribution in [-0.2, 0) is 11.2 Å². The molecule has 6 nitrogen and oxygen atoms in total. The maximum atomic E-state index is 12.4. The summed E-state index contributed by atoms with van der Waals surface area (Å²) in [5, 5.41) is 0. The van der Waals surface area contributed by atoms with E-state index in [1.165, 1.54) is 0 Å². The summed E-state index contributed by atoms with van der Waals surface area (Å²) in [6.07, 6.45) is 8.35. The largest absolute Gasteiger partial charge is 0.343 e. The quantitative estimate of drug-likeness (QED) is 0.848. The van der Waals surface area contributed by atoms with Crippen molar-refractivity contribution in [1.29, 1.82) is 0 Å². The minimum absolute atomic E-state index is 0.00847. The molecule has 0 N–H and O–H groups in total. The highest BCUT2D eigenvalue weighted by Crippen LogP contribution is 2.20. The fraction of sp³-hybridized carbons (Fsp3) is 0.647. The van der Waals surface area contributed by atoms with Crippen LogP contribution in [-0.4, -0.2) is 57.8 Å². The number of carbonyl (C=O) groups excluding carboxylic acids is 2. The molecule has 0 aromatic carbocycles. The van der Waals surface area contributed by atoms with E-state index >= 15 is 0 Å². The van der Waals surface area contributed by atoms with Gasteiger partial charge in [-0.1, -0.05) is 0 Å². The molecule has 23 heavy (non-hydrogen) atoms. The van der Waals surface area contributed by atoms with Gasteiger partial charge < -0.3 is 9.80 Å². The second-order valence-electron chi connectivity index (χ2n) is 6.57. The summed E-state index contributed by atoms with van der Waals surface area (Å²) in [4.78, 5) is 36.4. The lowest BCUT2D eigenvalue weighted by atomic mass is 9.93. The van der Waals surface area contributed by atoms with Crippen LogP contribution in [0.4, 0.5) is 0 Å². The molecule has 124 valence electrons. The Morgan fingerprint density at radius 1 is 1.13 bits per heavy atom. The second-order valence-corrected chi connectivity index (χ2v) is 6.57. The summed E-state index contributed by atoms with van der Waals surface area (Å²) in [5.41, 5.74) is 1.30. The standard InChI is InChI=1S/C17H24N4O2/c1-13(22)21-8-4-5-14(12-21)9-15-10-18-11-16(19-15)17(23)20-6-2-3-7-20/h10-11,14H,2-9,12H2,1H3/t14-/m0/s1. The summed E-state index contributed by atoms with van der Waals surface area (Å²) in [6, 6.07) is 0. The van der Waals surface area contributed by atoms with Gasteiger partial charge >= 0.3 is 0 Å². The van der Waals surface area contributed by atoms with Crippen LogP contribution in [0.5, 0.6) is 0 Å². The van der Waals surface area contributed by atoms with Crippen molar-refractivity contribution in [3.63, 3.8) is 0 Å². The van der Waals surface area contributed by atoms with E-state index in [1.54, 1.807) is 19.3 Å². The third kappa shape index (κ3) is 3.86. The maximum Gasteiger partial charge on any atom is 0.274 e. The van der Waals surface area contributed by atoms with Gasteiger partial charge in [0.2, 0.25) is 5.91 Å². The predicted molar refractivity (Wildman–Crippen MR) is 85.9 cm³/mol. The molecule has 0 spiro atoms. The van der Waals surface area contributed by atoms with Crippen LogP contribution in [0.2, 0.25) is 0 Å². The number of nitrogens with zero attached hydrogens (tertiary/aromatic N) is 4. The Kier molecular flexibility index (Phi) is 4.88. The highest BCUT2D eigenvalue weighted by molar-refractivity contribution is 5.92. The molecule has 3 heterocycles. The predicted octanol–water partition coefficient (Wildman–Crippen LogP) is 1.51. The van der Waals surface area contributed by atoms with Gasteiger partial charge in [-0.3, -0.25) is 14.6 Å². The Morgan fingerprint density at radius 3 is 2.61 bits per heavy atom. The lowest BCUT2D eigenvalue weighted by molar-refractivity contribution is -0.130. The fourth-order valence-electron chi connectivity index (χ4n) is 3.50. The zero-order valence-electron chi connectivity index (χ0n) is 13.7. The summed E-state index contributed by atoms with van der Waals surface area (Å²) in [7, 11) is 0. The zero-order valence-corrected chi connectivity index (χ0v) is 13.7. The molecule has 0 bridgehead atoms. The topological polar surface area (TPSA) is 66.4 Å². The van der Waals surface area contributed by atoms with Crippen molar-refractivity contribution >= 4 is 11.8 Å². The van der Waals surface area contributed by atoms with Crippen LogP contribution in [0.3, 0.4) is 0 Å². The third-order valence-corrected chi connectivity index (χ3v) is 4.76. The van der Waals surface area contributed by atoms with Gasteiger partial charge in [0, 0.05) is 39.3 Å². The third-order valence-electron chi connectivity index (χ3n) is 4.76. The molecule has 2 fully saturated rings. The Labute approximate surface area is 136 Å². The van der Waals surface area contributed by atoms with Gasteiger partial charge in [-0.15, -0.1) is 0 Å². The molecule has 6 heteroatoms. The first kappa shape index (κ1) is 15.9. The maximum absolute atomic E-state index is 12.4. The number of piperidine rings is 1. The molecule has 0 aliphatic carbocycles. The van der Waals surface area contributed by atoms with E-state index in [2.05, 4.69) is 9.97 Å². The minimum Gasteiger partial charge on any atom is -0.343 e. The molecule has 0 radical (unpaired) electrons. The molecular formula is C17H24N4O2. The van der Waals surface area contributed by atoms with E-state index in [0.29, 0.717) is 11.6 Å². The fourth-order valence-corrected chi connectivity index (χ4v) is 3.50. The van der Waals surface area contributed by atoms with Crippen molar-refractivity contribution in [3.05, 3.63) is 23.8 Å². The molecule has 2 aliphatic rings. The van der Waals surface area contributed by atoms with Gasteiger partial charge in [-0.25, -0.2) is 4.98 Å². The first-order valence-corrected chi connectivity index (χ1v) is 8.49. The Balaban J connectivity index is 1.65. The lowest BCUT2D eigenvalue weighted by Gasteiger charge is -2.31. The molecule has 3 rings (SSSR count). The normalized spacial score (nSPS) is 21.5. The molecule has 2 amide bonds. The number of aromatic nitrogens is 2. The summed E-state index contributed by atoms with van der Waals surface area (Å²) in [5.74, 6) is 0.531. The van der Waals surface area contributed by atoms with Crippen LogP contribution in [0.15, 0.2) is 12.4 Å². The first-order valence-electron chi connectivity index (χ1n) is 8.49. The second kappa shape index (κ2) is 7.06. The Bertz CT molecular complexity index is 584. The minimum atomic E-state index is -0.00847. The molecule has 2 saturated heterocycles. The van der Waals surface area contributed by atoms with Gasteiger partial charge in [0.1, 0.15) is 5.69 Å². The molecule has 0 saturated carbocycles. The summed E-state index contributed by atoms with van der Waals surface area (Å²) in [6.45, 7) is 4.89.